The Labute approximate surface area is 90.2 Å². The van der Waals surface area contributed by atoms with E-state index < -0.39 is 0 Å². The minimum Gasteiger partial charge on any atom is -0.486 e. The van der Waals surface area contributed by atoms with Crippen LogP contribution in [0.25, 0.3) is 0 Å². The van der Waals surface area contributed by atoms with Gasteiger partial charge in [-0.2, -0.15) is 0 Å². The van der Waals surface area contributed by atoms with Crippen molar-refractivity contribution < 1.29 is 13.9 Å². The minimum absolute atomic E-state index is 0.0189. The van der Waals surface area contributed by atoms with Crippen molar-refractivity contribution in [1.82, 2.24) is 0 Å². The maximum atomic E-state index is 12.8. The van der Waals surface area contributed by atoms with E-state index in [1.807, 2.05) is 0 Å². The van der Waals surface area contributed by atoms with Gasteiger partial charge in [0.25, 0.3) is 0 Å². The van der Waals surface area contributed by atoms with Crippen molar-refractivity contribution in [3.8, 4) is 5.75 Å². The van der Waals surface area contributed by atoms with Gasteiger partial charge in [0.2, 0.25) is 0 Å². The van der Waals surface area contributed by atoms with Gasteiger partial charge in [-0.15, -0.1) is 0 Å². The monoisotopic (exact) mass is 260 g/mol. The van der Waals surface area contributed by atoms with Gasteiger partial charge in [-0.3, -0.25) is 4.79 Å². The predicted octanol–water partition coefficient (Wildman–Crippen LogP) is 2.95. The molecular formula is C10H10BrFO2. The van der Waals surface area contributed by atoms with Gasteiger partial charge < -0.3 is 4.74 Å². The van der Waals surface area contributed by atoms with Crippen molar-refractivity contribution in [2.24, 2.45) is 0 Å². The first-order chi connectivity index (χ1) is 6.63. The molecule has 0 aliphatic rings. The van der Waals surface area contributed by atoms with Crippen LogP contribution >= 0.6 is 15.9 Å². The van der Waals surface area contributed by atoms with E-state index in [1.54, 1.807) is 6.92 Å². The highest BCUT2D eigenvalue weighted by Gasteiger charge is 2.03. The Balaban J connectivity index is 2.60. The van der Waals surface area contributed by atoms with Gasteiger partial charge in [0, 0.05) is 6.42 Å². The van der Waals surface area contributed by atoms with Crippen molar-refractivity contribution >= 4 is 21.7 Å². The largest absolute Gasteiger partial charge is 0.486 e. The van der Waals surface area contributed by atoms with Crippen LogP contribution in [0.3, 0.4) is 0 Å². The van der Waals surface area contributed by atoms with Crippen molar-refractivity contribution in [2.75, 3.05) is 6.61 Å². The summed E-state index contributed by atoms with van der Waals surface area (Å²) in [5.74, 6) is 0.157. The Morgan fingerprint density at radius 1 is 1.57 bits per heavy atom. The highest BCUT2D eigenvalue weighted by Crippen LogP contribution is 2.21. The number of carbonyl (C=O) groups excluding carboxylic acids is 1. The summed E-state index contributed by atoms with van der Waals surface area (Å²) in [7, 11) is 0. The first-order valence-electron chi connectivity index (χ1n) is 4.23. The maximum Gasteiger partial charge on any atom is 0.169 e. The van der Waals surface area contributed by atoms with Crippen LogP contribution in [0.1, 0.15) is 13.3 Å². The van der Waals surface area contributed by atoms with Crippen molar-refractivity contribution in [3.05, 3.63) is 28.5 Å². The molecule has 0 saturated carbocycles. The molecule has 0 fully saturated rings. The number of halogens is 2. The topological polar surface area (TPSA) is 26.3 Å². The molecule has 14 heavy (non-hydrogen) atoms. The molecule has 0 unspecified atom stereocenters. The summed E-state index contributed by atoms with van der Waals surface area (Å²) >= 11 is 3.03. The smallest absolute Gasteiger partial charge is 0.169 e. The van der Waals surface area contributed by atoms with Gasteiger partial charge in [0.05, 0.1) is 4.47 Å². The minimum atomic E-state index is -0.348. The van der Waals surface area contributed by atoms with Crippen molar-refractivity contribution in [3.63, 3.8) is 0 Å². The highest BCUT2D eigenvalue weighted by atomic mass is 79.9. The van der Waals surface area contributed by atoms with Crippen molar-refractivity contribution in [1.29, 1.82) is 0 Å². The van der Waals surface area contributed by atoms with Gasteiger partial charge in [-0.1, -0.05) is 6.92 Å². The van der Waals surface area contributed by atoms with Gasteiger partial charge in [-0.25, -0.2) is 4.39 Å². The van der Waals surface area contributed by atoms with Crippen LogP contribution in [0.5, 0.6) is 5.75 Å². The summed E-state index contributed by atoms with van der Waals surface area (Å²) in [5.41, 5.74) is 0. The molecule has 0 saturated heterocycles. The molecule has 0 atom stereocenters. The normalized spacial score (nSPS) is 9.93. The summed E-state index contributed by atoms with van der Waals surface area (Å²) in [6.07, 6.45) is 0.447. The van der Waals surface area contributed by atoms with E-state index in [4.69, 9.17) is 4.74 Å². The number of Topliss-reactive ketones (excluding diaryl/α,β-unsaturated/α-hetero) is 1. The molecule has 0 radical (unpaired) electrons. The maximum absolute atomic E-state index is 12.8. The molecule has 0 aliphatic carbocycles. The Morgan fingerprint density at radius 2 is 2.29 bits per heavy atom. The molecule has 0 aliphatic heterocycles. The standard InChI is InChI=1S/C10H10BrFO2/c1-2-7(13)6-14-8-3-4-10(12)9(11)5-8/h3-5H,2,6H2,1H3. The highest BCUT2D eigenvalue weighted by molar-refractivity contribution is 9.10. The second kappa shape index (κ2) is 5.10. The van der Waals surface area contributed by atoms with E-state index >= 15 is 0 Å². The molecular weight excluding hydrogens is 251 g/mol. The Morgan fingerprint density at radius 3 is 2.86 bits per heavy atom. The molecule has 0 aromatic heterocycles. The molecule has 0 bridgehead atoms. The van der Waals surface area contributed by atoms with E-state index in [0.29, 0.717) is 16.6 Å². The third-order valence-electron chi connectivity index (χ3n) is 1.69. The average molecular weight is 261 g/mol. The third-order valence-corrected chi connectivity index (χ3v) is 2.29. The van der Waals surface area contributed by atoms with E-state index in [1.165, 1.54) is 18.2 Å². The second-order valence-electron chi connectivity index (χ2n) is 2.76. The molecule has 2 nitrogen and oxygen atoms in total. The van der Waals surface area contributed by atoms with Crippen LogP contribution < -0.4 is 4.74 Å². The van der Waals surface area contributed by atoms with Crippen LogP contribution in [-0.4, -0.2) is 12.4 Å². The summed E-state index contributed by atoms with van der Waals surface area (Å²) in [4.78, 5) is 10.9. The fraction of sp³-hybridized carbons (Fsp3) is 0.300. The predicted molar refractivity (Wildman–Crippen MR) is 54.9 cm³/mol. The lowest BCUT2D eigenvalue weighted by atomic mass is 10.3. The molecule has 4 heteroatoms. The summed E-state index contributed by atoms with van der Waals surface area (Å²) in [5, 5.41) is 0. The molecule has 1 aromatic carbocycles. The fourth-order valence-corrected chi connectivity index (χ4v) is 1.19. The Kier molecular flexibility index (Phi) is 4.07. The molecule has 1 rings (SSSR count). The first kappa shape index (κ1) is 11.2. The number of ketones is 1. The summed E-state index contributed by atoms with van der Waals surface area (Å²) in [6.45, 7) is 1.81. The molecule has 1 aromatic rings. The lowest BCUT2D eigenvalue weighted by Gasteiger charge is -2.04. The van der Waals surface area contributed by atoms with Gasteiger partial charge in [0.15, 0.2) is 5.78 Å². The quantitative estimate of drug-likeness (QED) is 0.832. The third kappa shape index (κ3) is 3.10. The van der Waals surface area contributed by atoms with E-state index in [2.05, 4.69) is 15.9 Å². The number of benzene rings is 1. The van der Waals surface area contributed by atoms with Gasteiger partial charge >= 0.3 is 0 Å². The zero-order valence-corrected chi connectivity index (χ0v) is 9.30. The fourth-order valence-electron chi connectivity index (χ4n) is 0.833. The zero-order chi connectivity index (χ0) is 10.6. The number of hydrogen-bond donors (Lipinski definition) is 0. The van der Waals surface area contributed by atoms with Crippen LogP contribution in [0.15, 0.2) is 22.7 Å². The van der Waals surface area contributed by atoms with Gasteiger partial charge in [0.1, 0.15) is 18.2 Å². The molecule has 0 heterocycles. The Bertz CT molecular complexity index is 339. The average Bonchev–Trinajstić information content (AvgIpc) is 2.19. The lowest BCUT2D eigenvalue weighted by Crippen LogP contribution is -2.09. The summed E-state index contributed by atoms with van der Waals surface area (Å²) in [6, 6.07) is 4.27. The zero-order valence-electron chi connectivity index (χ0n) is 7.72. The molecule has 0 spiro atoms. The lowest BCUT2D eigenvalue weighted by molar-refractivity contribution is -0.120. The first-order valence-corrected chi connectivity index (χ1v) is 5.02. The number of rotatable bonds is 4. The molecule has 0 amide bonds. The number of hydrogen-bond acceptors (Lipinski definition) is 2. The number of ether oxygens (including phenoxy) is 1. The van der Waals surface area contributed by atoms with Crippen LogP contribution in [0.2, 0.25) is 0 Å². The van der Waals surface area contributed by atoms with Crippen LogP contribution in [0.4, 0.5) is 4.39 Å². The van der Waals surface area contributed by atoms with E-state index in [-0.39, 0.29) is 18.2 Å². The van der Waals surface area contributed by atoms with E-state index in [9.17, 15) is 9.18 Å². The van der Waals surface area contributed by atoms with Crippen LogP contribution in [-0.2, 0) is 4.79 Å². The second-order valence-corrected chi connectivity index (χ2v) is 3.61. The number of carbonyl (C=O) groups is 1. The molecule has 0 N–H and O–H groups in total. The van der Waals surface area contributed by atoms with E-state index in [0.717, 1.165) is 0 Å². The van der Waals surface area contributed by atoms with Crippen molar-refractivity contribution in [2.45, 2.75) is 13.3 Å². The molecule has 76 valence electrons. The van der Waals surface area contributed by atoms with Gasteiger partial charge in [-0.05, 0) is 34.1 Å². The summed E-state index contributed by atoms with van der Waals surface area (Å²) < 4.78 is 18.3. The van der Waals surface area contributed by atoms with Crippen LogP contribution in [0, 0.1) is 5.82 Å². The SMILES string of the molecule is CCC(=O)COc1ccc(F)c(Br)c1. The Hall–Kier alpha value is -0.900.